The lowest BCUT2D eigenvalue weighted by Gasteiger charge is -2.32. The SMILES string of the molecule is C=C[C@H]1C[C@]1(NC(=O)[C@@H]1C[C@@H]2CN1C(=O)[C@H](C1CCCC1)NC(=O)OCC(C)(C)CCCc1cc3c(cc(OCc4csc(C(C)C)n4)nc3cc1OC)O2)C(=O)NS(C)(=O)=O. The predicted molar refractivity (Wildman–Crippen MR) is 232 cm³/mol. The van der Waals surface area contributed by atoms with Crippen LogP contribution < -0.4 is 29.6 Å². The van der Waals surface area contributed by atoms with E-state index < -0.39 is 68.9 Å². The van der Waals surface area contributed by atoms with Gasteiger partial charge in [0.2, 0.25) is 27.7 Å². The molecule has 18 heteroatoms. The van der Waals surface area contributed by atoms with E-state index in [-0.39, 0.29) is 50.3 Å². The highest BCUT2D eigenvalue weighted by Gasteiger charge is 2.61. The van der Waals surface area contributed by atoms with E-state index in [9.17, 15) is 27.6 Å². The van der Waals surface area contributed by atoms with E-state index in [2.05, 4.69) is 31.1 Å². The summed E-state index contributed by atoms with van der Waals surface area (Å²) in [5.41, 5.74) is 0.245. The number of ether oxygens (including phenoxy) is 4. The smallest absolute Gasteiger partial charge is 0.407 e. The summed E-state index contributed by atoms with van der Waals surface area (Å²) in [6.07, 6.45) is 6.27. The number of aromatic nitrogens is 2. The minimum absolute atomic E-state index is 0.00987. The Morgan fingerprint density at radius 1 is 1.15 bits per heavy atom. The molecule has 2 saturated carbocycles. The highest BCUT2D eigenvalue weighted by Crippen LogP contribution is 2.45. The number of hydrogen-bond donors (Lipinski definition) is 3. The molecule has 2 aromatic heterocycles. The fourth-order valence-electron chi connectivity index (χ4n) is 8.86. The number of nitrogens with zero attached hydrogens (tertiary/aromatic N) is 3. The van der Waals surface area contributed by atoms with Gasteiger partial charge in [0.25, 0.3) is 5.91 Å². The van der Waals surface area contributed by atoms with Crippen molar-refractivity contribution in [1.29, 1.82) is 0 Å². The van der Waals surface area contributed by atoms with E-state index in [4.69, 9.17) is 28.9 Å². The molecule has 3 fully saturated rings. The summed E-state index contributed by atoms with van der Waals surface area (Å²) in [4.78, 5) is 67.3. The standard InChI is InChI=1S/C44H58N6O10S2/c1-8-28-20-44(28,41(53)49-62(7,55)56)48-38(51)33-17-30-21-50(33)40(52)37(26-12-9-10-13-26)47-42(54)59-24-43(4,5)15-11-14-27-16-31-32(18-34(27)57-6)46-36(19-35(31)60-30)58-22-29-23-61-39(45-29)25(2)3/h8,16,18-19,23,25-26,28,30,33,37H,1,9-15,17,20-22,24H2,2-7H3,(H,47,54)(H,48,51)(H,49,53)/t28-,30+,33-,37-,44+/m0/s1. The number of hydrogen-bond acceptors (Lipinski definition) is 13. The van der Waals surface area contributed by atoms with Gasteiger partial charge in [-0.15, -0.1) is 17.9 Å². The summed E-state index contributed by atoms with van der Waals surface area (Å²) in [5, 5.41) is 9.32. The quantitative estimate of drug-likeness (QED) is 0.203. The summed E-state index contributed by atoms with van der Waals surface area (Å²) in [7, 11) is -2.36. The van der Waals surface area contributed by atoms with Crippen molar-refractivity contribution in [2.75, 3.05) is 26.5 Å². The molecule has 3 N–H and O–H groups in total. The first-order chi connectivity index (χ1) is 29.4. The second-order valence-electron chi connectivity index (χ2n) is 18.2. The molecule has 4 bridgehead atoms. The first kappa shape index (κ1) is 45.1. The maximum absolute atomic E-state index is 14.9. The van der Waals surface area contributed by atoms with Gasteiger partial charge in [0.15, 0.2) is 0 Å². The van der Waals surface area contributed by atoms with Crippen LogP contribution in [0.25, 0.3) is 10.9 Å². The molecule has 336 valence electrons. The zero-order chi connectivity index (χ0) is 44.6. The monoisotopic (exact) mass is 894 g/mol. The summed E-state index contributed by atoms with van der Waals surface area (Å²) < 4.78 is 51.0. The number of fused-ring (bicyclic) bond motifs is 3. The molecule has 0 spiro atoms. The number of pyridine rings is 1. The van der Waals surface area contributed by atoms with E-state index in [1.54, 1.807) is 24.5 Å². The van der Waals surface area contributed by atoms with Gasteiger partial charge in [-0.05, 0) is 61.5 Å². The fourth-order valence-corrected chi connectivity index (χ4v) is 10.2. The van der Waals surface area contributed by atoms with Gasteiger partial charge in [0, 0.05) is 41.2 Å². The number of aryl methyl sites for hydroxylation is 1. The Balaban J connectivity index is 1.28. The number of sulfonamides is 1. The first-order valence-electron chi connectivity index (χ1n) is 21.3. The van der Waals surface area contributed by atoms with Crippen LogP contribution in [-0.4, -0.2) is 97.3 Å². The second kappa shape index (κ2) is 18.0. The zero-order valence-corrected chi connectivity index (χ0v) is 37.9. The molecule has 2 aliphatic carbocycles. The third-order valence-corrected chi connectivity index (χ3v) is 14.1. The molecule has 1 aromatic carbocycles. The van der Waals surface area contributed by atoms with Gasteiger partial charge < -0.3 is 34.5 Å². The van der Waals surface area contributed by atoms with Crippen molar-refractivity contribution >= 4 is 56.1 Å². The number of thiazole rings is 1. The number of alkyl carbamates (subject to hydrolysis) is 1. The maximum Gasteiger partial charge on any atom is 0.407 e. The van der Waals surface area contributed by atoms with Gasteiger partial charge in [-0.2, -0.15) is 0 Å². The number of amides is 4. The van der Waals surface area contributed by atoms with Gasteiger partial charge in [-0.3, -0.25) is 19.1 Å². The first-order valence-corrected chi connectivity index (χ1v) is 24.1. The number of carbonyl (C=O) groups is 4. The Kier molecular flexibility index (Phi) is 13.1. The van der Waals surface area contributed by atoms with Crippen LogP contribution in [0.15, 0.2) is 36.2 Å². The number of benzene rings is 1. The van der Waals surface area contributed by atoms with E-state index >= 15 is 0 Å². The van der Waals surface area contributed by atoms with Gasteiger partial charge in [0.1, 0.15) is 41.8 Å². The lowest BCUT2D eigenvalue weighted by molar-refractivity contribution is -0.142. The molecule has 4 heterocycles. The molecule has 2 aliphatic heterocycles. The largest absolute Gasteiger partial charge is 0.496 e. The Bertz CT molecular complexity index is 2330. The van der Waals surface area contributed by atoms with Crippen molar-refractivity contribution in [2.24, 2.45) is 17.3 Å². The Morgan fingerprint density at radius 3 is 2.56 bits per heavy atom. The highest BCUT2D eigenvalue weighted by molar-refractivity contribution is 7.89. The molecular weight excluding hydrogens is 837 g/mol. The van der Waals surface area contributed by atoms with E-state index in [0.717, 1.165) is 48.2 Å². The minimum Gasteiger partial charge on any atom is -0.496 e. The summed E-state index contributed by atoms with van der Waals surface area (Å²) in [6.45, 7) is 12.2. The Morgan fingerprint density at radius 2 is 1.90 bits per heavy atom. The molecule has 62 heavy (non-hydrogen) atoms. The van der Waals surface area contributed by atoms with Crippen molar-refractivity contribution in [3.63, 3.8) is 0 Å². The minimum atomic E-state index is -3.96. The average Bonchev–Trinajstić information content (AvgIpc) is 3.67. The molecule has 16 nitrogen and oxygen atoms in total. The molecular formula is C44H58N6O10S2. The van der Waals surface area contributed by atoms with Crippen LogP contribution in [0.5, 0.6) is 17.4 Å². The molecule has 0 radical (unpaired) electrons. The van der Waals surface area contributed by atoms with Crippen LogP contribution in [0.1, 0.15) is 101 Å². The summed E-state index contributed by atoms with van der Waals surface area (Å²) in [6, 6.07) is 3.38. The lowest BCUT2D eigenvalue weighted by Crippen LogP contribution is -2.59. The van der Waals surface area contributed by atoms with Crippen molar-refractivity contribution in [3.8, 4) is 17.4 Å². The molecule has 4 aliphatic rings. The third-order valence-electron chi connectivity index (χ3n) is 12.4. The lowest BCUT2D eigenvalue weighted by atomic mass is 9.87. The van der Waals surface area contributed by atoms with Crippen LogP contribution in [-0.2, 0) is 42.2 Å². The molecule has 1 saturated heterocycles. The Hall–Kier alpha value is -4.97. The van der Waals surface area contributed by atoms with E-state index in [1.807, 2.05) is 36.1 Å². The average molecular weight is 895 g/mol. The van der Waals surface area contributed by atoms with Crippen molar-refractivity contribution in [2.45, 2.75) is 122 Å². The van der Waals surface area contributed by atoms with Gasteiger partial charge >= 0.3 is 6.09 Å². The normalized spacial score (nSPS) is 25.6. The molecule has 5 atom stereocenters. The number of nitrogens with one attached hydrogen (secondary N) is 3. The third kappa shape index (κ3) is 10.1. The van der Waals surface area contributed by atoms with Crippen LogP contribution in [0, 0.1) is 17.3 Å². The number of cyclic esters (lactones) is 1. The maximum atomic E-state index is 14.9. The number of methoxy groups -OCH3 is 1. The highest BCUT2D eigenvalue weighted by atomic mass is 32.2. The van der Waals surface area contributed by atoms with Crippen LogP contribution in [0.3, 0.4) is 0 Å². The molecule has 3 aromatic rings. The Labute approximate surface area is 366 Å². The van der Waals surface area contributed by atoms with Crippen LogP contribution in [0.2, 0.25) is 0 Å². The number of rotatable bonds is 11. The van der Waals surface area contributed by atoms with E-state index in [0.29, 0.717) is 41.7 Å². The van der Waals surface area contributed by atoms with Gasteiger partial charge in [-0.25, -0.2) is 23.2 Å². The molecule has 0 unspecified atom stereocenters. The second-order valence-corrected chi connectivity index (χ2v) is 20.9. The van der Waals surface area contributed by atoms with Crippen molar-refractivity contribution in [1.82, 2.24) is 30.2 Å². The zero-order valence-electron chi connectivity index (χ0n) is 36.3. The topological polar surface area (TPSA) is 204 Å². The predicted octanol–water partition coefficient (Wildman–Crippen LogP) is 5.53. The van der Waals surface area contributed by atoms with Gasteiger partial charge in [-0.1, -0.05) is 46.6 Å². The summed E-state index contributed by atoms with van der Waals surface area (Å²) in [5.74, 6) is -1.19. The number of carbonyl (C=O) groups excluding carboxylic acids is 4. The van der Waals surface area contributed by atoms with E-state index in [1.165, 1.54) is 11.0 Å². The molecule has 7 rings (SSSR count). The van der Waals surface area contributed by atoms with Crippen molar-refractivity contribution < 1.29 is 46.5 Å². The van der Waals surface area contributed by atoms with Crippen molar-refractivity contribution in [3.05, 3.63) is 52.5 Å². The molecule has 4 amide bonds. The van der Waals surface area contributed by atoms with Crippen LogP contribution in [0.4, 0.5) is 4.79 Å². The fraction of sp³-hybridized carbons (Fsp3) is 0.591. The van der Waals surface area contributed by atoms with Gasteiger partial charge in [0.05, 0.1) is 42.7 Å². The summed E-state index contributed by atoms with van der Waals surface area (Å²) >= 11 is 1.57. The van der Waals surface area contributed by atoms with Crippen LogP contribution >= 0.6 is 11.3 Å².